The third-order valence-electron chi connectivity index (χ3n) is 2.53. The molecule has 0 bridgehead atoms. The fourth-order valence-electron chi connectivity index (χ4n) is 1.68. The number of hydrogen-bond acceptors (Lipinski definition) is 1. The molecule has 15 heavy (non-hydrogen) atoms. The lowest BCUT2D eigenvalue weighted by Crippen LogP contribution is -1.95. The Morgan fingerprint density at radius 1 is 1.53 bits per heavy atom. The molecule has 0 fully saturated rings. The maximum atomic E-state index is 12.7. The summed E-state index contributed by atoms with van der Waals surface area (Å²) in [5.74, 6) is 0. The van der Waals surface area contributed by atoms with Gasteiger partial charge in [0.1, 0.15) is 0 Å². The average molecular weight is 318 g/mol. The van der Waals surface area contributed by atoms with Crippen LogP contribution in [-0.4, -0.2) is 14.4 Å². The van der Waals surface area contributed by atoms with Crippen molar-refractivity contribution in [2.75, 3.05) is 0 Å². The van der Waals surface area contributed by atoms with Gasteiger partial charge in [-0.3, -0.25) is 5.10 Å². The molecule has 0 amide bonds. The second-order valence-electron chi connectivity index (χ2n) is 3.67. The number of hydrogen-bond donors (Lipinski definition) is 1. The fourth-order valence-corrected chi connectivity index (χ4v) is 2.00. The van der Waals surface area contributed by atoms with E-state index in [2.05, 4.69) is 29.3 Å². The molecular weight excluding hydrogens is 306 g/mol. The molecule has 1 atom stereocenters. The molecule has 2 rings (SSSR count). The second kappa shape index (κ2) is 4.47. The number of H-pyrrole nitrogens is 1. The van der Waals surface area contributed by atoms with Crippen LogP contribution in [0.2, 0.25) is 0 Å². The fraction of sp³-hybridized carbons (Fsp3) is 0.364. The van der Waals surface area contributed by atoms with Crippen molar-refractivity contribution in [1.82, 2.24) is 10.2 Å². The molecule has 0 saturated carbocycles. The number of nitrogens with zero attached hydrogens (tertiary/aromatic N) is 1. The van der Waals surface area contributed by atoms with Gasteiger partial charge in [0.05, 0.1) is 11.7 Å². The largest absolute Gasteiger partial charge is 0.278 e. The Hall–Kier alpha value is -0.650. The Bertz CT molecular complexity index is 465. The molecule has 1 aromatic heterocycles. The predicted octanol–water partition coefficient (Wildman–Crippen LogP) is 3.53. The molecule has 0 saturated heterocycles. The minimum atomic E-state index is -0.764. The Labute approximate surface area is 101 Å². The predicted molar refractivity (Wildman–Crippen MR) is 68.1 cm³/mol. The molecule has 2 aromatic rings. The highest BCUT2D eigenvalue weighted by Gasteiger charge is 2.06. The zero-order valence-electron chi connectivity index (χ0n) is 8.43. The van der Waals surface area contributed by atoms with E-state index in [0.717, 1.165) is 17.3 Å². The summed E-state index contributed by atoms with van der Waals surface area (Å²) in [6, 6.07) is 4.16. The van der Waals surface area contributed by atoms with E-state index in [1.165, 1.54) is 11.1 Å². The van der Waals surface area contributed by atoms with Crippen LogP contribution in [0.5, 0.6) is 0 Å². The highest BCUT2D eigenvalue weighted by atomic mass is 127. The molecule has 0 spiro atoms. The van der Waals surface area contributed by atoms with Crippen LogP contribution in [0.15, 0.2) is 18.3 Å². The van der Waals surface area contributed by atoms with Crippen LogP contribution in [0, 0.1) is 6.92 Å². The normalized spacial score (nSPS) is 13.3. The molecule has 1 N–H and O–H groups in total. The maximum Gasteiger partial charge on any atom is 0.151 e. The molecule has 4 heteroatoms. The van der Waals surface area contributed by atoms with Crippen molar-refractivity contribution < 1.29 is 4.39 Å². The molecule has 80 valence electrons. The lowest BCUT2D eigenvalue weighted by Gasteiger charge is -2.06. The topological polar surface area (TPSA) is 28.7 Å². The van der Waals surface area contributed by atoms with Crippen molar-refractivity contribution in [3.8, 4) is 0 Å². The van der Waals surface area contributed by atoms with E-state index in [4.69, 9.17) is 0 Å². The van der Waals surface area contributed by atoms with Gasteiger partial charge in [0.25, 0.3) is 0 Å². The van der Waals surface area contributed by atoms with E-state index < -0.39 is 4.18 Å². The molecule has 1 aromatic carbocycles. The molecule has 2 nitrogen and oxygen atoms in total. The van der Waals surface area contributed by atoms with Gasteiger partial charge < -0.3 is 0 Å². The van der Waals surface area contributed by atoms with Crippen molar-refractivity contribution in [2.24, 2.45) is 0 Å². The standard InChI is InChI=1S/C11H12FIN2/c1-7-4-9-6-14-15-10(9)5-8(7)2-3-11(12)13/h4-6,11H,2-3H2,1H3,(H,14,15). The summed E-state index contributed by atoms with van der Waals surface area (Å²) >= 11 is 1.81. The summed E-state index contributed by atoms with van der Waals surface area (Å²) in [7, 11) is 0. The first-order chi connectivity index (χ1) is 7.16. The molecule has 0 aliphatic carbocycles. The van der Waals surface area contributed by atoms with Crippen LogP contribution in [-0.2, 0) is 6.42 Å². The monoisotopic (exact) mass is 318 g/mol. The third-order valence-corrected chi connectivity index (χ3v) is 3.15. The minimum absolute atomic E-state index is 0.570. The maximum absolute atomic E-state index is 12.7. The smallest absolute Gasteiger partial charge is 0.151 e. The lowest BCUT2D eigenvalue weighted by atomic mass is 10.0. The van der Waals surface area contributed by atoms with Gasteiger partial charge in [0.2, 0.25) is 0 Å². The van der Waals surface area contributed by atoms with Crippen LogP contribution in [0.4, 0.5) is 4.39 Å². The van der Waals surface area contributed by atoms with Crippen molar-refractivity contribution >= 4 is 33.5 Å². The summed E-state index contributed by atoms with van der Waals surface area (Å²) in [6.45, 7) is 2.06. The SMILES string of the molecule is Cc1cc2cn[nH]c2cc1CCC(F)I. The van der Waals surface area contributed by atoms with Crippen molar-refractivity contribution in [3.63, 3.8) is 0 Å². The van der Waals surface area contributed by atoms with Gasteiger partial charge in [0.15, 0.2) is 4.18 Å². The quantitative estimate of drug-likeness (QED) is 0.681. The number of halogens is 2. The van der Waals surface area contributed by atoms with Crippen molar-refractivity contribution in [2.45, 2.75) is 23.9 Å². The lowest BCUT2D eigenvalue weighted by molar-refractivity contribution is 0.449. The summed E-state index contributed by atoms with van der Waals surface area (Å²) in [5.41, 5.74) is 3.44. The summed E-state index contributed by atoms with van der Waals surface area (Å²) in [6.07, 6.45) is 3.16. The molecular formula is C11H12FIN2. The third kappa shape index (κ3) is 2.48. The van der Waals surface area contributed by atoms with E-state index in [0.29, 0.717) is 6.42 Å². The van der Waals surface area contributed by atoms with Crippen LogP contribution in [0.3, 0.4) is 0 Å². The summed E-state index contributed by atoms with van der Waals surface area (Å²) in [4.78, 5) is 0. The van der Waals surface area contributed by atoms with E-state index in [1.807, 2.05) is 28.8 Å². The first-order valence-corrected chi connectivity index (χ1v) is 6.12. The first kappa shape index (κ1) is 10.9. The number of aromatic amines is 1. The van der Waals surface area contributed by atoms with Gasteiger partial charge in [-0.25, -0.2) is 4.39 Å². The van der Waals surface area contributed by atoms with Gasteiger partial charge in [-0.15, -0.1) is 0 Å². The Morgan fingerprint density at radius 2 is 2.33 bits per heavy atom. The van der Waals surface area contributed by atoms with Crippen LogP contribution < -0.4 is 0 Å². The summed E-state index contributed by atoms with van der Waals surface area (Å²) in [5, 5.41) is 8.02. The number of aromatic nitrogens is 2. The first-order valence-electron chi connectivity index (χ1n) is 4.87. The average Bonchev–Trinajstić information content (AvgIpc) is 2.60. The highest BCUT2D eigenvalue weighted by Crippen LogP contribution is 2.20. The Morgan fingerprint density at radius 3 is 3.07 bits per heavy atom. The number of rotatable bonds is 3. The Kier molecular flexibility index (Phi) is 3.23. The van der Waals surface area contributed by atoms with E-state index >= 15 is 0 Å². The molecule has 1 unspecified atom stereocenters. The molecule has 0 aliphatic rings. The van der Waals surface area contributed by atoms with Gasteiger partial charge in [0, 0.05) is 5.39 Å². The zero-order chi connectivity index (χ0) is 10.8. The van der Waals surface area contributed by atoms with Gasteiger partial charge in [-0.1, -0.05) is 0 Å². The number of benzene rings is 1. The number of nitrogens with one attached hydrogen (secondary N) is 1. The minimum Gasteiger partial charge on any atom is -0.278 e. The van der Waals surface area contributed by atoms with E-state index in [1.54, 1.807) is 0 Å². The van der Waals surface area contributed by atoms with Crippen LogP contribution >= 0.6 is 22.6 Å². The zero-order valence-corrected chi connectivity index (χ0v) is 10.6. The molecule has 1 heterocycles. The van der Waals surface area contributed by atoms with Crippen molar-refractivity contribution in [1.29, 1.82) is 0 Å². The number of aryl methyl sites for hydroxylation is 2. The second-order valence-corrected chi connectivity index (χ2v) is 5.02. The molecule has 0 aliphatic heterocycles. The van der Waals surface area contributed by atoms with E-state index in [9.17, 15) is 4.39 Å². The van der Waals surface area contributed by atoms with Gasteiger partial charge in [-0.2, -0.15) is 5.10 Å². The molecule has 0 radical (unpaired) electrons. The highest BCUT2D eigenvalue weighted by molar-refractivity contribution is 14.1. The summed E-state index contributed by atoms with van der Waals surface area (Å²) < 4.78 is 12.0. The Balaban J connectivity index is 2.29. The van der Waals surface area contributed by atoms with Crippen LogP contribution in [0.1, 0.15) is 17.5 Å². The van der Waals surface area contributed by atoms with Gasteiger partial charge >= 0.3 is 0 Å². The van der Waals surface area contributed by atoms with Crippen LogP contribution in [0.25, 0.3) is 10.9 Å². The number of fused-ring (bicyclic) bond motifs is 1. The number of alkyl halides is 2. The van der Waals surface area contributed by atoms with E-state index in [-0.39, 0.29) is 0 Å². The van der Waals surface area contributed by atoms with Crippen molar-refractivity contribution in [3.05, 3.63) is 29.5 Å². The van der Waals surface area contributed by atoms with Gasteiger partial charge in [-0.05, 0) is 65.6 Å².